The molecular weight excluding hydrogens is 625 g/mol. The van der Waals surface area contributed by atoms with Gasteiger partial charge in [0, 0.05) is 43.7 Å². The number of nitrogens with one attached hydrogen (secondary N) is 1. The van der Waals surface area contributed by atoms with E-state index in [1.807, 2.05) is 25.1 Å². The molecule has 1 fully saturated rings. The molecule has 1 atom stereocenters. The van der Waals surface area contributed by atoms with Crippen molar-refractivity contribution in [3.63, 3.8) is 0 Å². The van der Waals surface area contributed by atoms with Crippen molar-refractivity contribution in [3.05, 3.63) is 88.1 Å². The van der Waals surface area contributed by atoms with Crippen molar-refractivity contribution in [3.8, 4) is 0 Å². The minimum Gasteiger partial charge on any atom is -0.332 e. The van der Waals surface area contributed by atoms with Gasteiger partial charge < -0.3 is 9.80 Å². The van der Waals surface area contributed by atoms with E-state index in [4.69, 9.17) is 0 Å². The number of carbonyl (C=O) groups excluding carboxylic acids is 4. The molecule has 1 N–H and O–H groups in total. The van der Waals surface area contributed by atoms with E-state index in [0.717, 1.165) is 49.4 Å². The number of anilines is 1. The molecular formula is C35H37F3N6O4. The van der Waals surface area contributed by atoms with Crippen molar-refractivity contribution in [2.45, 2.75) is 63.8 Å². The number of likely N-dealkylation sites (tertiary alicyclic amines) is 1. The second-order valence-electron chi connectivity index (χ2n) is 12.2. The number of hydrogen-bond donors (Lipinski definition) is 1. The summed E-state index contributed by atoms with van der Waals surface area (Å²) >= 11 is 0. The number of imide groups is 1. The largest absolute Gasteiger partial charge is 0.433 e. The van der Waals surface area contributed by atoms with Crippen molar-refractivity contribution in [2.75, 3.05) is 25.0 Å². The number of aromatic nitrogens is 1. The third kappa shape index (κ3) is 8.14. The molecule has 13 heteroatoms. The summed E-state index contributed by atoms with van der Waals surface area (Å²) in [5.41, 5.74) is 3.63. The summed E-state index contributed by atoms with van der Waals surface area (Å²) in [5, 5.41) is 2.13. The molecule has 1 saturated heterocycles. The van der Waals surface area contributed by atoms with E-state index in [1.165, 1.54) is 36.0 Å². The number of aldehydes is 1. The Labute approximate surface area is 276 Å². The number of aliphatic imine (C=N–C) groups is 1. The zero-order valence-corrected chi connectivity index (χ0v) is 26.7. The quantitative estimate of drug-likeness (QED) is 0.155. The van der Waals surface area contributed by atoms with Gasteiger partial charge in [-0.3, -0.25) is 29.4 Å². The van der Waals surface area contributed by atoms with Gasteiger partial charge in [0.15, 0.2) is 6.29 Å². The molecule has 0 bridgehead atoms. The van der Waals surface area contributed by atoms with Crippen molar-refractivity contribution >= 4 is 42.4 Å². The normalized spacial score (nSPS) is 16.2. The molecule has 5 rings (SSSR count). The van der Waals surface area contributed by atoms with Crippen LogP contribution in [0, 0.1) is 0 Å². The Hall–Kier alpha value is -4.91. The number of alkyl halides is 3. The fraction of sp³-hybridized carbons (Fsp3) is 0.371. The Morgan fingerprint density at radius 2 is 1.90 bits per heavy atom. The fourth-order valence-electron chi connectivity index (χ4n) is 6.19. The summed E-state index contributed by atoms with van der Waals surface area (Å²) in [7, 11) is 1.53. The number of amides is 3. The van der Waals surface area contributed by atoms with Crippen LogP contribution in [0.1, 0.15) is 81.6 Å². The highest BCUT2D eigenvalue weighted by Gasteiger charge is 2.33. The summed E-state index contributed by atoms with van der Waals surface area (Å²) in [6, 6.07) is 15.0. The van der Waals surface area contributed by atoms with Crippen LogP contribution in [0.5, 0.6) is 0 Å². The first-order valence-corrected chi connectivity index (χ1v) is 15.8. The maximum Gasteiger partial charge on any atom is 0.433 e. The highest BCUT2D eigenvalue weighted by Crippen LogP contribution is 2.34. The van der Waals surface area contributed by atoms with Gasteiger partial charge in [0.05, 0.1) is 12.0 Å². The molecule has 0 radical (unpaired) electrons. The maximum atomic E-state index is 13.0. The Morgan fingerprint density at radius 3 is 2.60 bits per heavy atom. The number of hydrogen-bond acceptors (Lipinski definition) is 7. The average Bonchev–Trinajstić information content (AvgIpc) is 3.42. The maximum absolute atomic E-state index is 13.0. The molecule has 2 aliphatic heterocycles. The van der Waals surface area contributed by atoms with E-state index in [9.17, 15) is 32.3 Å². The Balaban J connectivity index is 1.15. The van der Waals surface area contributed by atoms with Crippen LogP contribution in [0.3, 0.4) is 0 Å². The third-order valence-electron chi connectivity index (χ3n) is 8.94. The number of fused-ring (bicyclic) bond motifs is 1. The van der Waals surface area contributed by atoms with Crippen LogP contribution in [0.4, 0.5) is 24.7 Å². The summed E-state index contributed by atoms with van der Waals surface area (Å²) in [5.74, 6) is 0.0227. The van der Waals surface area contributed by atoms with Gasteiger partial charge in [-0.25, -0.2) is 9.98 Å². The first-order valence-electron chi connectivity index (χ1n) is 15.8. The first-order chi connectivity index (χ1) is 23.0. The van der Waals surface area contributed by atoms with Gasteiger partial charge in [0.2, 0.25) is 12.3 Å². The number of halogens is 3. The minimum absolute atomic E-state index is 0.0409. The molecule has 0 saturated carbocycles. The Bertz CT molecular complexity index is 1700. The molecule has 3 aromatic rings. The topological polar surface area (TPSA) is 115 Å². The fourth-order valence-corrected chi connectivity index (χ4v) is 6.19. The van der Waals surface area contributed by atoms with Gasteiger partial charge >= 0.3 is 6.18 Å². The molecule has 0 aliphatic carbocycles. The number of rotatable bonds is 12. The van der Waals surface area contributed by atoms with E-state index < -0.39 is 11.9 Å². The molecule has 3 heterocycles. The summed E-state index contributed by atoms with van der Waals surface area (Å²) < 4.78 is 39.1. The summed E-state index contributed by atoms with van der Waals surface area (Å²) in [6.45, 7) is 4.78. The van der Waals surface area contributed by atoms with Crippen LogP contribution in [0.2, 0.25) is 0 Å². The lowest BCUT2D eigenvalue weighted by Gasteiger charge is -2.32. The van der Waals surface area contributed by atoms with Crippen LogP contribution in [0.15, 0.2) is 59.6 Å². The number of carbonyl (C=O) groups is 4. The van der Waals surface area contributed by atoms with Crippen molar-refractivity contribution in [1.29, 1.82) is 0 Å². The van der Waals surface area contributed by atoms with E-state index >= 15 is 0 Å². The zero-order valence-electron chi connectivity index (χ0n) is 26.7. The highest BCUT2D eigenvalue weighted by molar-refractivity contribution is 5.98. The number of nitrogens with zero attached hydrogens (tertiary/aromatic N) is 5. The van der Waals surface area contributed by atoms with Crippen LogP contribution in [-0.2, 0) is 28.9 Å². The zero-order chi connectivity index (χ0) is 34.4. The van der Waals surface area contributed by atoms with Crippen molar-refractivity contribution in [1.82, 2.24) is 20.1 Å². The highest BCUT2D eigenvalue weighted by atomic mass is 19.4. The van der Waals surface area contributed by atoms with E-state index in [1.54, 1.807) is 17.0 Å². The van der Waals surface area contributed by atoms with Crippen LogP contribution in [-0.4, -0.2) is 71.8 Å². The van der Waals surface area contributed by atoms with E-state index in [0.29, 0.717) is 48.7 Å². The van der Waals surface area contributed by atoms with Crippen LogP contribution in [0.25, 0.3) is 0 Å². The standard InChI is InChI=1S/C35H37F3N6O4/c1-23(6-11-33(47)40-22-46)44-19-27-17-26(8-9-29(27)34(44)48)25-12-14-43(15-13-25)18-24-7-10-30(28(16-24)20-45)39-21-42(2)32-5-3-4-31(41-32)35(36,37)38/h3-5,7-10,16-17,20-23,25H,6,11-15,18-19H2,1-2H3,(H,40,46,47)/b39-21-. The van der Waals surface area contributed by atoms with Crippen LogP contribution < -0.4 is 10.2 Å². The molecule has 0 spiro atoms. The van der Waals surface area contributed by atoms with E-state index in [2.05, 4.69) is 26.3 Å². The minimum atomic E-state index is -4.56. The molecule has 1 unspecified atom stereocenters. The predicted molar refractivity (Wildman–Crippen MR) is 174 cm³/mol. The van der Waals surface area contributed by atoms with Gasteiger partial charge in [-0.05, 0) is 92.2 Å². The first kappa shape index (κ1) is 34.4. The Kier molecular flexibility index (Phi) is 10.7. The summed E-state index contributed by atoms with van der Waals surface area (Å²) in [4.78, 5) is 60.5. The van der Waals surface area contributed by atoms with Gasteiger partial charge in [-0.15, -0.1) is 0 Å². The van der Waals surface area contributed by atoms with Crippen molar-refractivity contribution in [2.24, 2.45) is 4.99 Å². The lowest BCUT2D eigenvalue weighted by Crippen LogP contribution is -2.34. The molecule has 1 aromatic heterocycles. The SMILES string of the molecule is CC(CCC(=O)NC=O)N1Cc2cc(C3CCN(Cc4ccc(/N=C\N(C)c5cccc(C(F)(F)F)n5)c(C=O)c4)CC3)ccc2C1=O. The van der Waals surface area contributed by atoms with Gasteiger partial charge in [0.1, 0.15) is 11.5 Å². The van der Waals surface area contributed by atoms with E-state index in [-0.39, 0.29) is 30.1 Å². The second kappa shape index (κ2) is 14.9. The lowest BCUT2D eigenvalue weighted by atomic mass is 9.87. The van der Waals surface area contributed by atoms with Gasteiger partial charge in [0.25, 0.3) is 5.91 Å². The molecule has 2 aromatic carbocycles. The van der Waals surface area contributed by atoms with Crippen molar-refractivity contribution < 1.29 is 32.3 Å². The Morgan fingerprint density at radius 1 is 1.12 bits per heavy atom. The second-order valence-corrected chi connectivity index (χ2v) is 12.2. The number of pyridine rings is 1. The smallest absolute Gasteiger partial charge is 0.332 e. The molecule has 2 aliphatic rings. The molecule has 252 valence electrons. The average molecular weight is 663 g/mol. The van der Waals surface area contributed by atoms with Crippen LogP contribution >= 0.6 is 0 Å². The predicted octanol–water partition coefficient (Wildman–Crippen LogP) is 5.49. The van der Waals surface area contributed by atoms with Gasteiger partial charge in [-0.2, -0.15) is 13.2 Å². The molecule has 10 nitrogen and oxygen atoms in total. The lowest BCUT2D eigenvalue weighted by molar-refractivity contribution is -0.141. The monoisotopic (exact) mass is 662 g/mol. The number of benzene rings is 2. The molecule has 48 heavy (non-hydrogen) atoms. The summed E-state index contributed by atoms with van der Waals surface area (Å²) in [6.07, 6.45) is 0.376. The molecule has 3 amide bonds. The number of piperidine rings is 1. The van der Waals surface area contributed by atoms with Gasteiger partial charge in [-0.1, -0.05) is 24.3 Å². The third-order valence-corrected chi connectivity index (χ3v) is 8.94.